The van der Waals surface area contributed by atoms with E-state index < -0.39 is 16.0 Å². The van der Waals surface area contributed by atoms with Gasteiger partial charge in [0.1, 0.15) is 5.72 Å². The van der Waals surface area contributed by atoms with E-state index in [1.54, 1.807) is 4.72 Å². The summed E-state index contributed by atoms with van der Waals surface area (Å²) in [4.78, 5) is 0. The van der Waals surface area contributed by atoms with Gasteiger partial charge in [0.25, 0.3) is 0 Å². The van der Waals surface area contributed by atoms with Crippen LogP contribution in [-0.4, -0.2) is 23.8 Å². The lowest BCUT2D eigenvalue weighted by atomic mass is 10.4. The molecule has 0 radical (unpaired) electrons. The summed E-state index contributed by atoms with van der Waals surface area (Å²) in [6, 6.07) is 0. The van der Waals surface area contributed by atoms with E-state index in [1.165, 1.54) is 13.8 Å². The first-order chi connectivity index (χ1) is 3.71. The molecule has 9 heavy (non-hydrogen) atoms. The molecule has 3 N–H and O–H groups in total. The summed E-state index contributed by atoms with van der Waals surface area (Å²) in [7, 11) is -4.28. The van der Waals surface area contributed by atoms with Gasteiger partial charge in [0.2, 0.25) is 0 Å². The van der Waals surface area contributed by atoms with Gasteiger partial charge in [-0.05, 0) is 13.8 Å². The predicted octanol–water partition coefficient (Wildman–Crippen LogP) is -0.893. The Morgan fingerprint density at radius 1 is 1.44 bits per heavy atom. The first-order valence-corrected chi connectivity index (χ1v) is 3.63. The van der Waals surface area contributed by atoms with Crippen molar-refractivity contribution in [1.82, 2.24) is 4.72 Å². The Labute approximate surface area is 53.6 Å². The largest absolute Gasteiger partial charge is 0.375 e. The van der Waals surface area contributed by atoms with Crippen LogP contribution in [-0.2, 0) is 10.3 Å². The van der Waals surface area contributed by atoms with Crippen molar-refractivity contribution in [2.45, 2.75) is 19.6 Å². The predicted molar refractivity (Wildman–Crippen MR) is 31.0 cm³/mol. The molecule has 0 aromatic heterocycles. The zero-order valence-electron chi connectivity index (χ0n) is 5.12. The molecule has 0 aliphatic carbocycles. The molecular formula is C3H9NO4S. The van der Waals surface area contributed by atoms with Gasteiger partial charge in [-0.15, -0.1) is 0 Å². The molecule has 0 fully saturated rings. The molecule has 0 heterocycles. The molecule has 0 aromatic carbocycles. The summed E-state index contributed by atoms with van der Waals surface area (Å²) < 4.78 is 29.5. The van der Waals surface area contributed by atoms with Crippen molar-refractivity contribution in [3.8, 4) is 0 Å². The molecule has 0 spiro atoms. The van der Waals surface area contributed by atoms with Crippen LogP contribution < -0.4 is 4.72 Å². The molecule has 0 rings (SSSR count). The third kappa shape index (κ3) is 7.83. The first-order valence-electron chi connectivity index (χ1n) is 2.19. The summed E-state index contributed by atoms with van der Waals surface area (Å²) in [5.41, 5.74) is -1.60. The second-order valence-electron chi connectivity index (χ2n) is 2.14. The fourth-order valence-corrected chi connectivity index (χ4v) is 0.947. The zero-order valence-corrected chi connectivity index (χ0v) is 5.94. The maximum atomic E-state index is 9.93. The fourth-order valence-electron chi connectivity index (χ4n) is 0.316. The number of hydrogen-bond acceptors (Lipinski definition) is 3. The standard InChI is InChI=1S/C3H9NO4S/c1-3(2,5)4-9(6,7)8/h4-5H,1-2H3,(H,6,7,8). The minimum absolute atomic E-state index is 1.20. The summed E-state index contributed by atoms with van der Waals surface area (Å²) in [6.45, 7) is 2.39. The molecule has 0 aliphatic rings. The molecule has 0 aliphatic heterocycles. The van der Waals surface area contributed by atoms with Gasteiger partial charge >= 0.3 is 10.3 Å². The molecule has 0 saturated carbocycles. The van der Waals surface area contributed by atoms with Crippen LogP contribution in [0.15, 0.2) is 0 Å². The van der Waals surface area contributed by atoms with Crippen LogP contribution in [0.2, 0.25) is 0 Å². The van der Waals surface area contributed by atoms with Gasteiger partial charge in [-0.2, -0.15) is 13.1 Å². The fraction of sp³-hybridized carbons (Fsp3) is 1.00. The van der Waals surface area contributed by atoms with Gasteiger partial charge in [-0.25, -0.2) is 0 Å². The first kappa shape index (κ1) is 8.83. The highest BCUT2D eigenvalue weighted by atomic mass is 32.2. The molecule has 0 bridgehead atoms. The minimum Gasteiger partial charge on any atom is -0.375 e. The van der Waals surface area contributed by atoms with Crippen LogP contribution in [0.25, 0.3) is 0 Å². The molecule has 6 heteroatoms. The van der Waals surface area contributed by atoms with Crippen molar-refractivity contribution in [3.63, 3.8) is 0 Å². The Morgan fingerprint density at radius 2 is 1.78 bits per heavy atom. The van der Waals surface area contributed by atoms with Crippen LogP contribution in [0.4, 0.5) is 0 Å². The number of aliphatic hydroxyl groups is 1. The van der Waals surface area contributed by atoms with Gasteiger partial charge in [0.15, 0.2) is 0 Å². The molecule has 0 unspecified atom stereocenters. The third-order valence-electron chi connectivity index (χ3n) is 0.379. The van der Waals surface area contributed by atoms with E-state index in [0.29, 0.717) is 0 Å². The van der Waals surface area contributed by atoms with Crippen LogP contribution in [0.1, 0.15) is 13.8 Å². The van der Waals surface area contributed by atoms with Crippen molar-refractivity contribution in [2.24, 2.45) is 0 Å². The SMILES string of the molecule is CC(C)(O)NS(=O)(=O)O. The lowest BCUT2D eigenvalue weighted by Crippen LogP contribution is -2.42. The van der Waals surface area contributed by atoms with Crippen molar-refractivity contribution < 1.29 is 18.1 Å². The Kier molecular flexibility index (Phi) is 2.18. The van der Waals surface area contributed by atoms with E-state index in [2.05, 4.69) is 0 Å². The highest BCUT2D eigenvalue weighted by Crippen LogP contribution is 1.95. The van der Waals surface area contributed by atoms with E-state index in [4.69, 9.17) is 9.66 Å². The summed E-state index contributed by atoms with van der Waals surface area (Å²) in [5, 5.41) is 8.70. The highest BCUT2D eigenvalue weighted by molar-refractivity contribution is 7.83. The average molecular weight is 155 g/mol. The molecule has 56 valence electrons. The monoisotopic (exact) mass is 155 g/mol. The van der Waals surface area contributed by atoms with E-state index in [9.17, 15) is 8.42 Å². The second-order valence-corrected chi connectivity index (χ2v) is 3.29. The van der Waals surface area contributed by atoms with Crippen molar-refractivity contribution in [3.05, 3.63) is 0 Å². The normalized spacial score (nSPS) is 13.8. The van der Waals surface area contributed by atoms with Gasteiger partial charge in [-0.3, -0.25) is 4.55 Å². The lowest BCUT2D eigenvalue weighted by Gasteiger charge is -2.15. The van der Waals surface area contributed by atoms with Gasteiger partial charge in [-0.1, -0.05) is 0 Å². The average Bonchev–Trinajstić information content (AvgIpc) is 1.14. The van der Waals surface area contributed by atoms with Gasteiger partial charge < -0.3 is 5.11 Å². The van der Waals surface area contributed by atoms with E-state index >= 15 is 0 Å². The maximum absolute atomic E-state index is 9.93. The molecule has 0 atom stereocenters. The third-order valence-corrected chi connectivity index (χ3v) is 1.14. The highest BCUT2D eigenvalue weighted by Gasteiger charge is 2.18. The van der Waals surface area contributed by atoms with Crippen molar-refractivity contribution in [1.29, 1.82) is 0 Å². The zero-order chi connectivity index (χ0) is 7.71. The molecule has 0 saturated heterocycles. The maximum Gasteiger partial charge on any atom is 0.335 e. The molecule has 5 nitrogen and oxygen atoms in total. The van der Waals surface area contributed by atoms with Gasteiger partial charge in [0, 0.05) is 0 Å². The van der Waals surface area contributed by atoms with E-state index in [-0.39, 0.29) is 0 Å². The Bertz CT molecular complexity index is 176. The Hall–Kier alpha value is -0.170. The molecule has 0 aromatic rings. The van der Waals surface area contributed by atoms with E-state index in [1.807, 2.05) is 0 Å². The summed E-state index contributed by atoms with van der Waals surface area (Å²) in [5.74, 6) is 0. The van der Waals surface area contributed by atoms with Crippen molar-refractivity contribution in [2.75, 3.05) is 0 Å². The van der Waals surface area contributed by atoms with Crippen LogP contribution in [0.5, 0.6) is 0 Å². The van der Waals surface area contributed by atoms with Crippen LogP contribution >= 0.6 is 0 Å². The summed E-state index contributed by atoms with van der Waals surface area (Å²) in [6.07, 6.45) is 0. The van der Waals surface area contributed by atoms with Gasteiger partial charge in [0.05, 0.1) is 0 Å². The van der Waals surface area contributed by atoms with E-state index in [0.717, 1.165) is 0 Å². The topological polar surface area (TPSA) is 86.6 Å². The second kappa shape index (κ2) is 2.22. The number of nitrogens with one attached hydrogen (secondary N) is 1. The summed E-state index contributed by atoms with van der Waals surface area (Å²) >= 11 is 0. The molecular weight excluding hydrogens is 146 g/mol. The lowest BCUT2D eigenvalue weighted by molar-refractivity contribution is 0.0663. The van der Waals surface area contributed by atoms with Crippen LogP contribution in [0, 0.1) is 0 Å². The quantitative estimate of drug-likeness (QED) is 0.356. The number of hydrogen-bond donors (Lipinski definition) is 3. The van der Waals surface area contributed by atoms with Crippen molar-refractivity contribution >= 4 is 10.3 Å². The minimum atomic E-state index is -4.28. The molecule has 0 amide bonds. The number of rotatable bonds is 2. The smallest absolute Gasteiger partial charge is 0.335 e. The Balaban J connectivity index is 4.07. The Morgan fingerprint density at radius 3 is 1.78 bits per heavy atom. The van der Waals surface area contributed by atoms with Crippen LogP contribution in [0.3, 0.4) is 0 Å².